The Kier molecular flexibility index (Phi) is 6.09. The monoisotopic (exact) mass is 424 g/mol. The molecule has 0 radical (unpaired) electrons. The molecule has 6 amide bonds. The summed E-state index contributed by atoms with van der Waals surface area (Å²) in [7, 11) is 0. The van der Waals surface area contributed by atoms with E-state index in [1.54, 1.807) is 38.1 Å². The van der Waals surface area contributed by atoms with Gasteiger partial charge in [-0.1, -0.05) is 12.1 Å². The predicted molar refractivity (Wildman–Crippen MR) is 94.9 cm³/mol. The van der Waals surface area contributed by atoms with Gasteiger partial charge in [-0.2, -0.15) is 0 Å². The standard InChI is InChI=1S/C16H17BrN4O5/c1-9(2)21-15(25)14(24)20(16(21)26)8-13(23)18-7-12(22)19-11-6-4-3-5-10(11)17/h3-6,9H,7-8H2,1-2H3,(H,18,23)(H,19,22). The van der Waals surface area contributed by atoms with Gasteiger partial charge >= 0.3 is 17.8 Å². The van der Waals surface area contributed by atoms with Crippen molar-refractivity contribution in [3.63, 3.8) is 0 Å². The van der Waals surface area contributed by atoms with Gasteiger partial charge in [0, 0.05) is 10.5 Å². The van der Waals surface area contributed by atoms with Crippen molar-refractivity contribution in [3.05, 3.63) is 28.7 Å². The maximum absolute atomic E-state index is 12.1. The van der Waals surface area contributed by atoms with Gasteiger partial charge in [0.05, 0.1) is 12.2 Å². The number of hydrogen-bond donors (Lipinski definition) is 2. The molecule has 1 aliphatic heterocycles. The molecule has 1 saturated heterocycles. The van der Waals surface area contributed by atoms with Crippen molar-refractivity contribution in [2.24, 2.45) is 0 Å². The quantitative estimate of drug-likeness (QED) is 0.515. The third-order valence-electron chi connectivity index (χ3n) is 3.50. The van der Waals surface area contributed by atoms with Crippen LogP contribution >= 0.6 is 15.9 Å². The van der Waals surface area contributed by atoms with Gasteiger partial charge in [0.2, 0.25) is 11.8 Å². The third kappa shape index (κ3) is 4.26. The summed E-state index contributed by atoms with van der Waals surface area (Å²) in [5.74, 6) is -3.24. The van der Waals surface area contributed by atoms with E-state index < -0.39 is 42.2 Å². The first-order valence-corrected chi connectivity index (χ1v) is 8.51. The molecule has 0 unspecified atom stereocenters. The number of para-hydroxylation sites is 1. The Balaban J connectivity index is 1.88. The number of imide groups is 2. The van der Waals surface area contributed by atoms with Gasteiger partial charge in [-0.15, -0.1) is 0 Å². The molecule has 1 aromatic carbocycles. The zero-order valence-corrected chi connectivity index (χ0v) is 15.7. The first kappa shape index (κ1) is 19.6. The van der Waals surface area contributed by atoms with E-state index in [4.69, 9.17) is 0 Å². The molecule has 2 N–H and O–H groups in total. The highest BCUT2D eigenvalue weighted by molar-refractivity contribution is 9.10. The van der Waals surface area contributed by atoms with Crippen molar-refractivity contribution in [1.29, 1.82) is 0 Å². The van der Waals surface area contributed by atoms with Crippen LogP contribution in [-0.2, 0) is 19.2 Å². The molecule has 0 aliphatic carbocycles. The number of amides is 6. The van der Waals surface area contributed by atoms with Crippen molar-refractivity contribution < 1.29 is 24.0 Å². The highest BCUT2D eigenvalue weighted by Crippen LogP contribution is 2.20. The molecule has 10 heteroatoms. The van der Waals surface area contributed by atoms with E-state index in [0.717, 1.165) is 4.90 Å². The molecular weight excluding hydrogens is 408 g/mol. The van der Waals surface area contributed by atoms with Crippen LogP contribution in [-0.4, -0.2) is 58.6 Å². The number of urea groups is 1. The summed E-state index contributed by atoms with van der Waals surface area (Å²) in [5.41, 5.74) is 0.537. The maximum Gasteiger partial charge on any atom is 0.334 e. The summed E-state index contributed by atoms with van der Waals surface area (Å²) < 4.78 is 0.681. The largest absolute Gasteiger partial charge is 0.345 e. The van der Waals surface area contributed by atoms with E-state index >= 15 is 0 Å². The summed E-state index contributed by atoms with van der Waals surface area (Å²) in [5, 5.41) is 4.90. The number of carbonyl (C=O) groups is 5. The predicted octanol–water partition coefficient (Wildman–Crippen LogP) is 0.703. The Labute approximate surface area is 157 Å². The molecule has 0 spiro atoms. The van der Waals surface area contributed by atoms with Gasteiger partial charge in [-0.3, -0.25) is 24.1 Å². The number of anilines is 1. The van der Waals surface area contributed by atoms with Crippen LogP contribution in [0.5, 0.6) is 0 Å². The summed E-state index contributed by atoms with van der Waals surface area (Å²) in [6, 6.07) is 5.60. The van der Waals surface area contributed by atoms with E-state index in [-0.39, 0.29) is 6.54 Å². The van der Waals surface area contributed by atoms with E-state index in [1.165, 1.54) is 0 Å². The van der Waals surface area contributed by atoms with Crippen molar-refractivity contribution in [3.8, 4) is 0 Å². The first-order chi connectivity index (χ1) is 12.2. The lowest BCUT2D eigenvalue weighted by Crippen LogP contribution is -2.44. The zero-order chi connectivity index (χ0) is 19.4. The number of nitrogens with zero attached hydrogens (tertiary/aromatic N) is 2. The number of rotatable bonds is 6. The molecule has 0 aromatic heterocycles. The molecule has 26 heavy (non-hydrogen) atoms. The Morgan fingerprint density at radius 2 is 1.73 bits per heavy atom. The Morgan fingerprint density at radius 3 is 2.31 bits per heavy atom. The van der Waals surface area contributed by atoms with Crippen molar-refractivity contribution in [2.45, 2.75) is 19.9 Å². The Bertz CT molecular complexity index is 780. The second-order valence-electron chi connectivity index (χ2n) is 5.75. The number of nitrogens with one attached hydrogen (secondary N) is 2. The number of halogens is 1. The fraction of sp³-hybridized carbons (Fsp3) is 0.312. The van der Waals surface area contributed by atoms with Crippen molar-refractivity contribution in [1.82, 2.24) is 15.1 Å². The molecule has 0 saturated carbocycles. The molecule has 2 rings (SSSR count). The summed E-state index contributed by atoms with van der Waals surface area (Å²) in [6.45, 7) is 2.19. The van der Waals surface area contributed by atoms with E-state index in [0.29, 0.717) is 15.1 Å². The SMILES string of the molecule is CC(C)N1C(=O)C(=O)N(CC(=O)NCC(=O)Nc2ccccc2Br)C1=O. The fourth-order valence-corrected chi connectivity index (χ4v) is 2.64. The summed E-state index contributed by atoms with van der Waals surface area (Å²) in [6.07, 6.45) is 0. The molecule has 1 heterocycles. The molecule has 1 aliphatic rings. The lowest BCUT2D eigenvalue weighted by molar-refractivity contribution is -0.144. The summed E-state index contributed by atoms with van der Waals surface area (Å²) >= 11 is 3.28. The second kappa shape index (κ2) is 8.09. The van der Waals surface area contributed by atoms with Crippen LogP contribution in [0.3, 0.4) is 0 Å². The van der Waals surface area contributed by atoms with Gasteiger partial charge in [0.25, 0.3) is 0 Å². The minimum atomic E-state index is -1.06. The molecule has 1 fully saturated rings. The topological polar surface area (TPSA) is 116 Å². The van der Waals surface area contributed by atoms with Gasteiger partial charge in [-0.05, 0) is 41.9 Å². The molecular formula is C16H17BrN4O5. The highest BCUT2D eigenvalue weighted by Gasteiger charge is 2.46. The van der Waals surface area contributed by atoms with Gasteiger partial charge in [0.1, 0.15) is 6.54 Å². The second-order valence-corrected chi connectivity index (χ2v) is 6.60. The average molecular weight is 425 g/mol. The highest BCUT2D eigenvalue weighted by atomic mass is 79.9. The average Bonchev–Trinajstić information content (AvgIpc) is 2.78. The van der Waals surface area contributed by atoms with E-state index in [1.807, 2.05) is 0 Å². The van der Waals surface area contributed by atoms with Crippen LogP contribution in [0.1, 0.15) is 13.8 Å². The Hall–Kier alpha value is -2.75. The van der Waals surface area contributed by atoms with Crippen LogP contribution < -0.4 is 10.6 Å². The number of benzene rings is 1. The zero-order valence-electron chi connectivity index (χ0n) is 14.1. The molecule has 9 nitrogen and oxygen atoms in total. The third-order valence-corrected chi connectivity index (χ3v) is 4.19. The van der Waals surface area contributed by atoms with Gasteiger partial charge in [0.15, 0.2) is 0 Å². The molecule has 0 bridgehead atoms. The van der Waals surface area contributed by atoms with E-state index in [9.17, 15) is 24.0 Å². The van der Waals surface area contributed by atoms with Crippen molar-refractivity contribution >= 4 is 51.3 Å². The smallest absolute Gasteiger partial charge is 0.334 e. The molecule has 0 atom stereocenters. The lowest BCUT2D eigenvalue weighted by Gasteiger charge is -2.18. The molecule has 1 aromatic rings. The van der Waals surface area contributed by atoms with Crippen LogP contribution in [0.25, 0.3) is 0 Å². The first-order valence-electron chi connectivity index (χ1n) is 7.72. The Morgan fingerprint density at radius 1 is 1.08 bits per heavy atom. The van der Waals surface area contributed by atoms with Crippen LogP contribution in [0.4, 0.5) is 10.5 Å². The van der Waals surface area contributed by atoms with Crippen LogP contribution in [0.15, 0.2) is 28.7 Å². The van der Waals surface area contributed by atoms with Gasteiger partial charge in [-0.25, -0.2) is 9.69 Å². The number of carbonyl (C=O) groups excluding carboxylic acids is 5. The fourth-order valence-electron chi connectivity index (χ4n) is 2.25. The van der Waals surface area contributed by atoms with Gasteiger partial charge < -0.3 is 10.6 Å². The van der Waals surface area contributed by atoms with E-state index in [2.05, 4.69) is 26.6 Å². The normalized spacial score (nSPS) is 14.2. The maximum atomic E-state index is 12.1. The lowest BCUT2D eigenvalue weighted by atomic mass is 10.3. The molecule has 138 valence electrons. The summed E-state index contributed by atoms with van der Waals surface area (Å²) in [4.78, 5) is 60.8. The van der Waals surface area contributed by atoms with Crippen LogP contribution in [0, 0.1) is 0 Å². The van der Waals surface area contributed by atoms with Crippen LogP contribution in [0.2, 0.25) is 0 Å². The number of hydrogen-bond acceptors (Lipinski definition) is 5. The minimum Gasteiger partial charge on any atom is -0.345 e. The van der Waals surface area contributed by atoms with Crippen molar-refractivity contribution in [2.75, 3.05) is 18.4 Å². The minimum absolute atomic E-state index is 0.349.